The molecule has 3 heterocycles. The van der Waals surface area contributed by atoms with E-state index in [1.165, 1.54) is 18.2 Å². The zero-order valence-corrected chi connectivity index (χ0v) is 18.0. The summed E-state index contributed by atoms with van der Waals surface area (Å²) in [5.74, 6) is -2.78. The number of nitrogens with zero attached hydrogens (tertiary/aromatic N) is 4. The van der Waals surface area contributed by atoms with Crippen LogP contribution in [0.1, 0.15) is 44.3 Å². The molecule has 4 rings (SSSR count). The lowest BCUT2D eigenvalue weighted by molar-refractivity contribution is -0.144. The molecule has 5 nitrogen and oxygen atoms in total. The fourth-order valence-corrected chi connectivity index (χ4v) is 3.68. The maximum absolute atomic E-state index is 14.4. The van der Waals surface area contributed by atoms with E-state index in [4.69, 9.17) is 4.99 Å². The summed E-state index contributed by atoms with van der Waals surface area (Å²) in [6.07, 6.45) is -0.589. The molecule has 2 aromatic heterocycles. The molecule has 1 aromatic carbocycles. The molecule has 3 aromatic rings. The Morgan fingerprint density at radius 2 is 1.79 bits per heavy atom. The molecule has 1 unspecified atom stereocenters. The highest BCUT2D eigenvalue weighted by Crippen LogP contribution is 2.42. The second-order valence-electron chi connectivity index (χ2n) is 8.54. The molecular weight excluding hydrogens is 441 g/mol. The molecule has 0 amide bonds. The first-order valence-corrected chi connectivity index (χ1v) is 10.1. The summed E-state index contributed by atoms with van der Waals surface area (Å²) in [5.41, 5.74) is -0.223. The Hall–Kier alpha value is -3.43. The summed E-state index contributed by atoms with van der Waals surface area (Å²) in [6, 6.07) is 8.25. The SMILES string of the molecule is CC1(C(C)(C)c2cccc(-c3n[nH]c(C(F)(F)F)n3)n2)CC=CC(c2ccc(F)cc2F)=N1. The van der Waals surface area contributed by atoms with Crippen molar-refractivity contribution in [2.75, 3.05) is 0 Å². The summed E-state index contributed by atoms with van der Waals surface area (Å²) >= 11 is 0. The average Bonchev–Trinajstić information content (AvgIpc) is 3.25. The number of hydrogen-bond donors (Lipinski definition) is 1. The van der Waals surface area contributed by atoms with E-state index in [0.717, 1.165) is 6.07 Å². The van der Waals surface area contributed by atoms with E-state index in [2.05, 4.69) is 15.1 Å². The monoisotopic (exact) mass is 461 g/mol. The van der Waals surface area contributed by atoms with Crippen LogP contribution in [0.3, 0.4) is 0 Å². The topological polar surface area (TPSA) is 66.8 Å². The number of dihydropyridines is 1. The largest absolute Gasteiger partial charge is 0.451 e. The van der Waals surface area contributed by atoms with Crippen molar-refractivity contribution in [2.24, 2.45) is 4.99 Å². The van der Waals surface area contributed by atoms with Gasteiger partial charge in [0.05, 0.1) is 11.3 Å². The number of H-pyrrole nitrogens is 1. The Balaban J connectivity index is 1.72. The molecule has 172 valence electrons. The van der Waals surface area contributed by atoms with Crippen LogP contribution in [-0.2, 0) is 11.6 Å². The number of aliphatic imine (C=N–C) groups is 1. The Kier molecular flexibility index (Phi) is 5.42. The molecule has 0 bridgehead atoms. The van der Waals surface area contributed by atoms with E-state index < -0.39 is 34.6 Å². The van der Waals surface area contributed by atoms with Crippen molar-refractivity contribution in [2.45, 2.75) is 44.3 Å². The van der Waals surface area contributed by atoms with Crippen molar-refractivity contribution in [3.63, 3.8) is 0 Å². The van der Waals surface area contributed by atoms with Crippen LogP contribution in [0.2, 0.25) is 0 Å². The molecule has 1 N–H and O–H groups in total. The van der Waals surface area contributed by atoms with Gasteiger partial charge >= 0.3 is 6.18 Å². The highest BCUT2D eigenvalue weighted by Gasteiger charge is 2.44. The number of allylic oxidation sites excluding steroid dienone is 1. The van der Waals surface area contributed by atoms with Crippen molar-refractivity contribution in [3.8, 4) is 11.5 Å². The molecular formula is C23H20F5N5. The number of hydrogen-bond acceptors (Lipinski definition) is 4. The first kappa shape index (κ1) is 22.8. The predicted molar refractivity (Wildman–Crippen MR) is 113 cm³/mol. The van der Waals surface area contributed by atoms with Gasteiger partial charge < -0.3 is 0 Å². The molecule has 1 aliphatic rings. The summed E-state index contributed by atoms with van der Waals surface area (Å²) in [5, 5.41) is 5.53. The van der Waals surface area contributed by atoms with E-state index in [1.807, 2.05) is 31.9 Å². The highest BCUT2D eigenvalue weighted by molar-refractivity contribution is 6.09. The van der Waals surface area contributed by atoms with Crippen LogP contribution < -0.4 is 0 Å². The molecule has 0 fully saturated rings. The Labute approximate surface area is 186 Å². The van der Waals surface area contributed by atoms with Crippen LogP contribution in [0.4, 0.5) is 22.0 Å². The fraction of sp³-hybridized carbons (Fsp3) is 0.304. The van der Waals surface area contributed by atoms with Crippen LogP contribution in [-0.4, -0.2) is 31.4 Å². The van der Waals surface area contributed by atoms with E-state index in [1.54, 1.807) is 18.2 Å². The van der Waals surface area contributed by atoms with Gasteiger partial charge in [-0.15, -0.1) is 0 Å². The van der Waals surface area contributed by atoms with Crippen LogP contribution >= 0.6 is 0 Å². The smallest absolute Gasteiger partial charge is 0.277 e. The number of aromatic nitrogens is 4. The first-order valence-electron chi connectivity index (χ1n) is 10.1. The molecule has 0 radical (unpaired) electrons. The minimum absolute atomic E-state index is 0.175. The lowest BCUT2D eigenvalue weighted by Crippen LogP contribution is -2.46. The van der Waals surface area contributed by atoms with Gasteiger partial charge in [-0.2, -0.15) is 18.3 Å². The third kappa shape index (κ3) is 4.17. The van der Waals surface area contributed by atoms with Gasteiger partial charge in [-0.05, 0) is 43.7 Å². The van der Waals surface area contributed by atoms with Gasteiger partial charge in [0.25, 0.3) is 0 Å². The fourth-order valence-electron chi connectivity index (χ4n) is 3.68. The quantitative estimate of drug-likeness (QED) is 0.511. The molecule has 1 aliphatic heterocycles. The Bertz CT molecular complexity index is 1260. The number of aromatic amines is 1. The van der Waals surface area contributed by atoms with Crippen molar-refractivity contribution in [3.05, 3.63) is 77.3 Å². The normalized spacial score (nSPS) is 19.0. The zero-order chi connectivity index (χ0) is 24.0. The molecule has 0 spiro atoms. The van der Waals surface area contributed by atoms with Gasteiger partial charge in [-0.1, -0.05) is 26.0 Å². The molecule has 1 atom stereocenters. The zero-order valence-electron chi connectivity index (χ0n) is 18.0. The number of halogens is 5. The van der Waals surface area contributed by atoms with Gasteiger partial charge in [0.15, 0.2) is 5.82 Å². The maximum Gasteiger partial charge on any atom is 0.451 e. The van der Waals surface area contributed by atoms with Gasteiger partial charge in [-0.3, -0.25) is 10.1 Å². The number of alkyl halides is 3. The minimum Gasteiger partial charge on any atom is -0.277 e. The van der Waals surface area contributed by atoms with E-state index in [9.17, 15) is 22.0 Å². The third-order valence-electron chi connectivity index (χ3n) is 6.08. The Morgan fingerprint density at radius 1 is 1.03 bits per heavy atom. The Morgan fingerprint density at radius 3 is 2.45 bits per heavy atom. The molecule has 10 heteroatoms. The van der Waals surface area contributed by atoms with Crippen molar-refractivity contribution < 1.29 is 22.0 Å². The molecule has 0 aliphatic carbocycles. The summed E-state index contributed by atoms with van der Waals surface area (Å²) in [4.78, 5) is 12.8. The van der Waals surface area contributed by atoms with E-state index in [-0.39, 0.29) is 17.1 Å². The van der Waals surface area contributed by atoms with Gasteiger partial charge in [0, 0.05) is 22.7 Å². The van der Waals surface area contributed by atoms with Crippen molar-refractivity contribution >= 4 is 5.71 Å². The summed E-state index contributed by atoms with van der Waals surface area (Å²) in [7, 11) is 0. The summed E-state index contributed by atoms with van der Waals surface area (Å²) in [6.45, 7) is 5.69. The molecule has 33 heavy (non-hydrogen) atoms. The third-order valence-corrected chi connectivity index (χ3v) is 6.08. The lowest BCUT2D eigenvalue weighted by atomic mass is 9.68. The predicted octanol–water partition coefficient (Wildman–Crippen LogP) is 5.65. The lowest BCUT2D eigenvalue weighted by Gasteiger charge is -2.42. The van der Waals surface area contributed by atoms with Crippen molar-refractivity contribution in [1.82, 2.24) is 20.2 Å². The summed E-state index contributed by atoms with van der Waals surface area (Å²) < 4.78 is 66.4. The van der Waals surface area contributed by atoms with Crippen molar-refractivity contribution in [1.29, 1.82) is 0 Å². The molecule has 0 saturated carbocycles. The van der Waals surface area contributed by atoms with Gasteiger partial charge in [0.1, 0.15) is 17.3 Å². The van der Waals surface area contributed by atoms with Gasteiger partial charge in [-0.25, -0.2) is 18.7 Å². The van der Waals surface area contributed by atoms with Crippen LogP contribution in [0.25, 0.3) is 11.5 Å². The maximum atomic E-state index is 14.4. The minimum atomic E-state index is -4.65. The van der Waals surface area contributed by atoms with E-state index in [0.29, 0.717) is 17.8 Å². The number of rotatable bonds is 4. The van der Waals surface area contributed by atoms with Crippen LogP contribution in [0.15, 0.2) is 53.5 Å². The number of benzene rings is 1. The highest BCUT2D eigenvalue weighted by atomic mass is 19.4. The second-order valence-corrected chi connectivity index (χ2v) is 8.54. The van der Waals surface area contributed by atoms with Crippen LogP contribution in [0.5, 0.6) is 0 Å². The molecule has 0 saturated heterocycles. The first-order chi connectivity index (χ1) is 15.4. The standard InChI is InChI=1S/C23H20F5N5/c1-21(2,18-8-4-6-17(29-18)19-30-20(33-32-19)23(26,27)28)22(3)11-5-7-16(31-22)14-10-9-13(24)12-15(14)25/h4-10,12H,11H2,1-3H3,(H,30,32,33). The second kappa shape index (κ2) is 7.86. The van der Waals surface area contributed by atoms with E-state index >= 15 is 0 Å². The van der Waals surface area contributed by atoms with Gasteiger partial charge in [0.2, 0.25) is 5.82 Å². The number of nitrogens with one attached hydrogen (secondary N) is 1. The van der Waals surface area contributed by atoms with Crippen LogP contribution in [0, 0.1) is 11.6 Å². The number of pyridine rings is 1. The average molecular weight is 461 g/mol.